The van der Waals surface area contributed by atoms with Gasteiger partial charge in [0.25, 0.3) is 0 Å². The summed E-state index contributed by atoms with van der Waals surface area (Å²) in [4.78, 5) is 16.8. The van der Waals surface area contributed by atoms with Crippen LogP contribution in [0.2, 0.25) is 0 Å². The Hall–Kier alpha value is -1.96. The molecule has 1 amide bonds. The minimum atomic E-state index is -0.852. The van der Waals surface area contributed by atoms with Gasteiger partial charge in [-0.05, 0) is 18.4 Å². The van der Waals surface area contributed by atoms with Crippen LogP contribution < -0.4 is 10.6 Å². The Morgan fingerprint density at radius 3 is 2.54 bits per heavy atom. The molecule has 0 fully saturated rings. The Morgan fingerprint density at radius 2 is 1.96 bits per heavy atom. The normalized spacial score (nSPS) is 13.5. The molecule has 0 unspecified atom stereocenters. The lowest BCUT2D eigenvalue weighted by molar-refractivity contribution is -0.123. The number of benzene rings is 1. The molecule has 142 valence electrons. The summed E-state index contributed by atoms with van der Waals surface area (Å²) in [6.45, 7) is 6.71. The predicted molar refractivity (Wildman–Crippen MR) is 106 cm³/mol. The van der Waals surface area contributed by atoms with Crippen LogP contribution in [0.1, 0.15) is 32.3 Å². The number of hydrogen-bond acceptors (Lipinski definition) is 6. The van der Waals surface area contributed by atoms with Gasteiger partial charge in [-0.1, -0.05) is 38.1 Å². The maximum atomic E-state index is 12.2. The van der Waals surface area contributed by atoms with Crippen molar-refractivity contribution in [1.29, 1.82) is 0 Å². The van der Waals surface area contributed by atoms with E-state index in [4.69, 9.17) is 4.74 Å². The van der Waals surface area contributed by atoms with E-state index in [-0.39, 0.29) is 5.91 Å². The molecule has 0 aliphatic heterocycles. The summed E-state index contributed by atoms with van der Waals surface area (Å²) >= 11 is 1.41. The number of amides is 1. The van der Waals surface area contributed by atoms with Crippen molar-refractivity contribution in [3.63, 3.8) is 0 Å². The van der Waals surface area contributed by atoms with E-state index in [1.165, 1.54) is 16.9 Å². The van der Waals surface area contributed by atoms with Crippen LogP contribution in [0, 0.1) is 0 Å². The molecule has 1 heterocycles. The van der Waals surface area contributed by atoms with E-state index < -0.39 is 12.1 Å². The van der Waals surface area contributed by atoms with E-state index in [0.29, 0.717) is 24.2 Å². The molecule has 0 bridgehead atoms. The average Bonchev–Trinajstić information content (AvgIpc) is 3.08. The van der Waals surface area contributed by atoms with Crippen LogP contribution in [0.5, 0.6) is 0 Å². The molecule has 2 rings (SSSR count). The first kappa shape index (κ1) is 20.4. The first-order valence-electron chi connectivity index (χ1n) is 8.69. The molecule has 1 aromatic heterocycles. The lowest BCUT2D eigenvalue weighted by Gasteiger charge is -2.20. The smallest absolute Gasteiger partial charge is 0.245 e. The molecular weight excluding hydrogens is 350 g/mol. The third-order valence-corrected chi connectivity index (χ3v) is 4.80. The maximum Gasteiger partial charge on any atom is 0.245 e. The molecule has 6 nitrogen and oxygen atoms in total. The summed E-state index contributed by atoms with van der Waals surface area (Å²) in [5.74, 6) is 0.204. The van der Waals surface area contributed by atoms with E-state index in [0.717, 1.165) is 11.3 Å². The van der Waals surface area contributed by atoms with E-state index in [1.807, 2.05) is 5.38 Å². The molecule has 2 atom stereocenters. The zero-order valence-corrected chi connectivity index (χ0v) is 16.5. The Bertz CT molecular complexity index is 698. The summed E-state index contributed by atoms with van der Waals surface area (Å²) in [6.07, 6.45) is -0.852. The summed E-state index contributed by atoms with van der Waals surface area (Å²) in [5, 5.41) is 18.2. The van der Waals surface area contributed by atoms with Crippen molar-refractivity contribution in [2.75, 3.05) is 25.6 Å². The number of nitrogens with one attached hydrogen (secondary N) is 2. The Morgan fingerprint density at radius 1 is 1.27 bits per heavy atom. The second-order valence-electron chi connectivity index (χ2n) is 6.46. The molecule has 0 radical (unpaired) electrons. The van der Waals surface area contributed by atoms with Gasteiger partial charge in [0.15, 0.2) is 5.13 Å². The molecule has 1 aromatic carbocycles. The molecule has 0 saturated carbocycles. The van der Waals surface area contributed by atoms with Gasteiger partial charge in [-0.2, -0.15) is 0 Å². The van der Waals surface area contributed by atoms with E-state index >= 15 is 0 Å². The number of carbonyl (C=O) groups excluding carboxylic acids is 1. The summed E-state index contributed by atoms with van der Waals surface area (Å²) in [6, 6.07) is 7.55. The number of aliphatic hydroxyl groups is 1. The fourth-order valence-corrected chi connectivity index (χ4v) is 3.19. The fraction of sp³-hybridized carbons (Fsp3) is 0.474. The fourth-order valence-electron chi connectivity index (χ4n) is 2.44. The predicted octanol–water partition coefficient (Wildman–Crippen LogP) is 2.86. The van der Waals surface area contributed by atoms with Crippen molar-refractivity contribution in [3.05, 3.63) is 35.2 Å². The minimum absolute atomic E-state index is 0.282. The van der Waals surface area contributed by atoms with Crippen LogP contribution >= 0.6 is 11.3 Å². The highest BCUT2D eigenvalue weighted by Gasteiger charge is 2.24. The van der Waals surface area contributed by atoms with E-state index in [9.17, 15) is 9.90 Å². The van der Waals surface area contributed by atoms with Crippen molar-refractivity contribution < 1.29 is 14.6 Å². The Kier molecular flexibility index (Phi) is 7.56. The van der Waals surface area contributed by atoms with Crippen LogP contribution in [-0.4, -0.2) is 48.4 Å². The number of methoxy groups -OCH3 is 1. The van der Waals surface area contributed by atoms with E-state index in [2.05, 4.69) is 53.7 Å². The monoisotopic (exact) mass is 377 g/mol. The molecule has 0 aliphatic carbocycles. The first-order valence-corrected chi connectivity index (χ1v) is 9.57. The molecule has 0 saturated heterocycles. The highest BCUT2D eigenvalue weighted by atomic mass is 32.1. The number of nitrogens with zero attached hydrogens (tertiary/aromatic N) is 1. The Balaban J connectivity index is 2.06. The van der Waals surface area contributed by atoms with Gasteiger partial charge < -0.3 is 20.5 Å². The van der Waals surface area contributed by atoms with Crippen molar-refractivity contribution in [2.45, 2.75) is 38.8 Å². The third-order valence-electron chi connectivity index (χ3n) is 4.03. The minimum Gasteiger partial charge on any atom is -0.391 e. The number of aromatic nitrogens is 1. The molecule has 26 heavy (non-hydrogen) atoms. The number of anilines is 1. The van der Waals surface area contributed by atoms with Crippen LogP contribution in [-0.2, 0) is 9.53 Å². The number of aliphatic hydroxyl groups excluding tert-OH is 1. The molecular formula is C19H27N3O3S. The van der Waals surface area contributed by atoms with Gasteiger partial charge in [-0.3, -0.25) is 4.79 Å². The number of ether oxygens (including phenoxy) is 1. The molecule has 3 N–H and O–H groups in total. The van der Waals surface area contributed by atoms with Gasteiger partial charge in [-0.15, -0.1) is 11.3 Å². The summed E-state index contributed by atoms with van der Waals surface area (Å²) in [5.41, 5.74) is 3.15. The standard InChI is InChI=1S/C19H27N3O3S/c1-12(2)14-5-7-15(8-6-14)16-11-26-19(21-16)22-17(13(3)23)18(24)20-9-10-25-4/h5-8,11-13,17,23H,9-10H2,1-4H3,(H,20,24)(H,21,22)/t13-,17+/m1/s1. The molecule has 7 heteroatoms. The van der Waals surface area contributed by atoms with Gasteiger partial charge >= 0.3 is 0 Å². The SMILES string of the molecule is COCCNC(=O)[C@@H](Nc1nc(-c2ccc(C(C)C)cc2)cs1)[C@@H](C)O. The number of rotatable bonds is 9. The van der Waals surface area contributed by atoms with Crippen molar-refractivity contribution >= 4 is 22.4 Å². The summed E-state index contributed by atoms with van der Waals surface area (Å²) < 4.78 is 4.92. The summed E-state index contributed by atoms with van der Waals surface area (Å²) in [7, 11) is 1.57. The molecule has 2 aromatic rings. The first-order chi connectivity index (χ1) is 12.4. The van der Waals surface area contributed by atoms with Crippen molar-refractivity contribution in [2.24, 2.45) is 0 Å². The molecule has 0 aliphatic rings. The van der Waals surface area contributed by atoms with Gasteiger partial charge in [-0.25, -0.2) is 4.98 Å². The number of thiazole rings is 1. The lowest BCUT2D eigenvalue weighted by atomic mass is 10.0. The van der Waals surface area contributed by atoms with Crippen molar-refractivity contribution in [3.8, 4) is 11.3 Å². The van der Waals surface area contributed by atoms with E-state index in [1.54, 1.807) is 14.0 Å². The van der Waals surface area contributed by atoms with Gasteiger partial charge in [0.2, 0.25) is 5.91 Å². The third kappa shape index (κ3) is 5.52. The van der Waals surface area contributed by atoms with Gasteiger partial charge in [0.05, 0.1) is 18.4 Å². The number of hydrogen-bond donors (Lipinski definition) is 3. The average molecular weight is 378 g/mol. The highest BCUT2D eigenvalue weighted by molar-refractivity contribution is 7.14. The van der Waals surface area contributed by atoms with Crippen LogP contribution in [0.15, 0.2) is 29.6 Å². The quantitative estimate of drug-likeness (QED) is 0.585. The van der Waals surface area contributed by atoms with Crippen LogP contribution in [0.25, 0.3) is 11.3 Å². The largest absolute Gasteiger partial charge is 0.391 e. The van der Waals surface area contributed by atoms with Gasteiger partial charge in [0.1, 0.15) is 6.04 Å². The zero-order valence-electron chi connectivity index (χ0n) is 15.7. The highest BCUT2D eigenvalue weighted by Crippen LogP contribution is 2.27. The number of carbonyl (C=O) groups is 1. The zero-order chi connectivity index (χ0) is 19.1. The molecule has 0 spiro atoms. The second-order valence-corrected chi connectivity index (χ2v) is 7.32. The van der Waals surface area contributed by atoms with Crippen LogP contribution in [0.3, 0.4) is 0 Å². The topological polar surface area (TPSA) is 83.5 Å². The lowest BCUT2D eigenvalue weighted by Crippen LogP contribution is -2.46. The van der Waals surface area contributed by atoms with Crippen molar-refractivity contribution in [1.82, 2.24) is 10.3 Å². The maximum absolute atomic E-state index is 12.2. The second kappa shape index (κ2) is 9.66. The van der Waals surface area contributed by atoms with Gasteiger partial charge in [0, 0.05) is 24.6 Å². The van der Waals surface area contributed by atoms with Crippen LogP contribution in [0.4, 0.5) is 5.13 Å². The Labute approximate surface area is 158 Å².